The number of hydrogen-bond donors (Lipinski definition) is 1. The van der Waals surface area contributed by atoms with E-state index >= 15 is 0 Å². The maximum Gasteiger partial charge on any atom is 0.280 e. The highest BCUT2D eigenvalue weighted by molar-refractivity contribution is 6.08. The number of fused-ring (bicyclic) bond motifs is 1. The number of anilines is 1. The minimum Gasteiger partial charge on any atom is -0.490 e. The van der Waals surface area contributed by atoms with Crippen LogP contribution in [0.3, 0.4) is 0 Å². The molecule has 1 amide bonds. The molecule has 0 aliphatic heterocycles. The number of aromatic nitrogens is 3. The van der Waals surface area contributed by atoms with E-state index in [1.807, 2.05) is 45.5 Å². The SMILES string of the molecule is CCOC(C)(C)CCn1cc2cc(C(=O)Nc3cccc(C(F)F)n3)c(OC(C)C)cc2n1. The number of hydrogen-bond acceptors (Lipinski definition) is 5. The van der Waals surface area contributed by atoms with Crippen molar-refractivity contribution in [2.24, 2.45) is 0 Å². The van der Waals surface area contributed by atoms with Gasteiger partial charge in [-0.2, -0.15) is 5.10 Å². The van der Waals surface area contributed by atoms with Gasteiger partial charge in [0.2, 0.25) is 0 Å². The van der Waals surface area contributed by atoms with Crippen molar-refractivity contribution >= 4 is 22.6 Å². The summed E-state index contributed by atoms with van der Waals surface area (Å²) in [5.74, 6) is -0.0983. The van der Waals surface area contributed by atoms with Gasteiger partial charge in [-0.1, -0.05) is 6.07 Å². The average molecular weight is 461 g/mol. The van der Waals surface area contributed by atoms with Crippen LogP contribution in [0.5, 0.6) is 5.75 Å². The zero-order valence-corrected chi connectivity index (χ0v) is 19.6. The second-order valence-corrected chi connectivity index (χ2v) is 8.61. The molecule has 33 heavy (non-hydrogen) atoms. The van der Waals surface area contributed by atoms with Gasteiger partial charge in [-0.25, -0.2) is 13.8 Å². The normalized spacial score (nSPS) is 12.0. The predicted octanol–water partition coefficient (Wildman–Crippen LogP) is 5.61. The van der Waals surface area contributed by atoms with Crippen LogP contribution >= 0.6 is 0 Å². The van der Waals surface area contributed by atoms with E-state index in [4.69, 9.17) is 9.47 Å². The number of carbonyl (C=O) groups excluding carboxylic acids is 1. The summed E-state index contributed by atoms with van der Waals surface area (Å²) in [4.78, 5) is 16.8. The molecule has 2 heterocycles. The van der Waals surface area contributed by atoms with Gasteiger partial charge in [0.15, 0.2) is 0 Å². The number of benzene rings is 1. The topological polar surface area (TPSA) is 78.3 Å². The quantitative estimate of drug-likeness (QED) is 0.425. The Hall–Kier alpha value is -3.07. The molecule has 0 bridgehead atoms. The minimum atomic E-state index is -2.73. The third-order valence-electron chi connectivity index (χ3n) is 4.97. The third kappa shape index (κ3) is 6.47. The van der Waals surface area contributed by atoms with Crippen LogP contribution in [0.15, 0.2) is 36.5 Å². The number of amides is 1. The first-order chi connectivity index (χ1) is 15.6. The van der Waals surface area contributed by atoms with Gasteiger partial charge < -0.3 is 14.8 Å². The summed E-state index contributed by atoms with van der Waals surface area (Å²) in [5, 5.41) is 7.97. The lowest BCUT2D eigenvalue weighted by Gasteiger charge is -2.24. The Morgan fingerprint density at radius 1 is 1.24 bits per heavy atom. The number of nitrogens with zero attached hydrogens (tertiary/aromatic N) is 3. The van der Waals surface area contributed by atoms with Crippen molar-refractivity contribution in [2.45, 2.75) is 65.7 Å². The van der Waals surface area contributed by atoms with Crippen molar-refractivity contribution in [3.05, 3.63) is 47.8 Å². The van der Waals surface area contributed by atoms with Crippen molar-refractivity contribution in [1.82, 2.24) is 14.8 Å². The number of pyridine rings is 1. The molecule has 1 N–H and O–H groups in total. The zero-order chi connectivity index (χ0) is 24.2. The number of aryl methyl sites for hydroxylation is 1. The van der Waals surface area contributed by atoms with Crippen LogP contribution in [0.2, 0.25) is 0 Å². The van der Waals surface area contributed by atoms with Gasteiger partial charge >= 0.3 is 0 Å². The number of nitrogens with one attached hydrogen (secondary N) is 1. The number of ether oxygens (including phenoxy) is 2. The van der Waals surface area contributed by atoms with E-state index in [0.29, 0.717) is 24.4 Å². The summed E-state index contributed by atoms with van der Waals surface area (Å²) in [6.45, 7) is 11.0. The van der Waals surface area contributed by atoms with E-state index in [-0.39, 0.29) is 23.1 Å². The molecule has 0 saturated carbocycles. The van der Waals surface area contributed by atoms with E-state index < -0.39 is 18.0 Å². The van der Waals surface area contributed by atoms with Crippen molar-refractivity contribution in [1.29, 1.82) is 0 Å². The molecule has 0 aliphatic rings. The summed E-state index contributed by atoms with van der Waals surface area (Å²) < 4.78 is 39.3. The zero-order valence-electron chi connectivity index (χ0n) is 19.6. The Labute approximate surface area is 192 Å². The van der Waals surface area contributed by atoms with E-state index in [2.05, 4.69) is 15.4 Å². The second kappa shape index (κ2) is 10.2. The molecule has 0 radical (unpaired) electrons. The van der Waals surface area contributed by atoms with E-state index in [1.54, 1.807) is 12.1 Å². The fourth-order valence-electron chi connectivity index (χ4n) is 3.42. The number of alkyl halides is 2. The molecular formula is C24H30F2N4O3. The molecule has 0 atom stereocenters. The molecule has 7 nitrogen and oxygen atoms in total. The van der Waals surface area contributed by atoms with Gasteiger partial charge in [-0.15, -0.1) is 0 Å². The fourth-order valence-corrected chi connectivity index (χ4v) is 3.42. The highest BCUT2D eigenvalue weighted by Crippen LogP contribution is 2.28. The van der Waals surface area contributed by atoms with Gasteiger partial charge in [-0.3, -0.25) is 9.48 Å². The smallest absolute Gasteiger partial charge is 0.280 e. The highest BCUT2D eigenvalue weighted by Gasteiger charge is 2.20. The van der Waals surface area contributed by atoms with E-state index in [0.717, 1.165) is 11.8 Å². The summed E-state index contributed by atoms with van der Waals surface area (Å²) in [7, 11) is 0. The van der Waals surface area contributed by atoms with Crippen LogP contribution in [0.25, 0.3) is 10.9 Å². The van der Waals surface area contributed by atoms with Crippen LogP contribution < -0.4 is 10.1 Å². The summed E-state index contributed by atoms with van der Waals surface area (Å²) >= 11 is 0. The molecule has 0 unspecified atom stereocenters. The van der Waals surface area contributed by atoms with Crippen molar-refractivity contribution in [3.63, 3.8) is 0 Å². The van der Waals surface area contributed by atoms with Gasteiger partial charge in [-0.05, 0) is 59.2 Å². The van der Waals surface area contributed by atoms with Crippen LogP contribution in [-0.2, 0) is 11.3 Å². The first-order valence-electron chi connectivity index (χ1n) is 11.0. The van der Waals surface area contributed by atoms with Gasteiger partial charge in [0.05, 0.1) is 22.8 Å². The Bertz CT molecular complexity index is 1110. The maximum absolute atomic E-state index is 13.0. The van der Waals surface area contributed by atoms with Gasteiger partial charge in [0.25, 0.3) is 12.3 Å². The molecule has 0 spiro atoms. The third-order valence-corrected chi connectivity index (χ3v) is 4.97. The Morgan fingerprint density at radius 2 is 2.00 bits per heavy atom. The Kier molecular flexibility index (Phi) is 7.63. The average Bonchev–Trinajstić information content (AvgIpc) is 3.13. The second-order valence-electron chi connectivity index (χ2n) is 8.61. The lowest BCUT2D eigenvalue weighted by Crippen LogP contribution is -2.26. The maximum atomic E-state index is 13.0. The van der Waals surface area contributed by atoms with Crippen molar-refractivity contribution in [2.75, 3.05) is 11.9 Å². The van der Waals surface area contributed by atoms with E-state index in [1.165, 1.54) is 18.2 Å². The van der Waals surface area contributed by atoms with Crippen LogP contribution in [-0.4, -0.2) is 39.0 Å². The van der Waals surface area contributed by atoms with Crippen molar-refractivity contribution < 1.29 is 23.0 Å². The standard InChI is InChI=1S/C24H30F2N4O3/c1-6-32-24(4,5)10-11-30-14-16-12-17(20(33-15(2)3)13-19(16)29-30)23(31)28-21-9-7-8-18(27-21)22(25)26/h7-9,12-15,22H,6,10-11H2,1-5H3,(H,27,28,31). The Balaban J connectivity index is 1.89. The first kappa shape index (κ1) is 24.6. The van der Waals surface area contributed by atoms with Crippen LogP contribution in [0.1, 0.15) is 63.5 Å². The van der Waals surface area contributed by atoms with Crippen LogP contribution in [0.4, 0.5) is 14.6 Å². The molecule has 9 heteroatoms. The number of rotatable bonds is 10. The fraction of sp³-hybridized carbons (Fsp3) is 0.458. The number of halogens is 2. The number of carbonyl (C=O) groups is 1. The molecule has 178 valence electrons. The monoisotopic (exact) mass is 460 g/mol. The lowest BCUT2D eigenvalue weighted by molar-refractivity contribution is -0.0194. The van der Waals surface area contributed by atoms with E-state index in [9.17, 15) is 13.6 Å². The Morgan fingerprint density at radius 3 is 2.67 bits per heavy atom. The molecule has 0 saturated heterocycles. The van der Waals surface area contributed by atoms with Gasteiger partial charge in [0.1, 0.15) is 17.3 Å². The first-order valence-corrected chi connectivity index (χ1v) is 11.0. The molecule has 2 aromatic heterocycles. The molecular weight excluding hydrogens is 430 g/mol. The summed E-state index contributed by atoms with van der Waals surface area (Å²) in [6, 6.07) is 7.50. The minimum absolute atomic E-state index is 0.0437. The molecule has 0 fully saturated rings. The summed E-state index contributed by atoms with van der Waals surface area (Å²) in [5.41, 5.74) is 0.283. The molecule has 0 aliphatic carbocycles. The predicted molar refractivity (Wildman–Crippen MR) is 123 cm³/mol. The molecule has 3 aromatic rings. The van der Waals surface area contributed by atoms with Crippen LogP contribution in [0, 0.1) is 0 Å². The molecule has 1 aromatic carbocycles. The molecule has 3 rings (SSSR count). The van der Waals surface area contributed by atoms with Crippen molar-refractivity contribution in [3.8, 4) is 5.75 Å². The summed E-state index contributed by atoms with van der Waals surface area (Å²) in [6.07, 6.45) is -0.271. The highest BCUT2D eigenvalue weighted by atomic mass is 19.3. The largest absolute Gasteiger partial charge is 0.490 e. The van der Waals surface area contributed by atoms with Gasteiger partial charge in [0, 0.05) is 30.8 Å². The lowest BCUT2D eigenvalue weighted by atomic mass is 10.1.